The molecule has 1 aliphatic rings. The normalized spacial score (nSPS) is 17.7. The molecule has 1 aromatic carbocycles. The molecule has 0 fully saturated rings. The largest absolute Gasteiger partial charge is 0.440 e. The van der Waals surface area contributed by atoms with E-state index in [1.165, 1.54) is 5.56 Å². The smallest absolute Gasteiger partial charge is 0.242 e. The standard InChI is InChI=1S/C21H21N3O/c1-3-14(2)7-9-18(23)21-24-19-10-8-17(12-20(19)25-21)16-6-4-5-15(11-16)13-22/h3-7,9,11,17H,1,8,10,12,23H2,2H3/b14-7-,18-9-. The Kier molecular flexibility index (Phi) is 4.85. The van der Waals surface area contributed by atoms with Gasteiger partial charge < -0.3 is 10.2 Å². The first kappa shape index (κ1) is 16.8. The summed E-state index contributed by atoms with van der Waals surface area (Å²) in [7, 11) is 0. The predicted molar refractivity (Wildman–Crippen MR) is 98.5 cm³/mol. The zero-order chi connectivity index (χ0) is 17.8. The number of aromatic nitrogens is 1. The van der Waals surface area contributed by atoms with Crippen molar-refractivity contribution in [3.8, 4) is 6.07 Å². The Morgan fingerprint density at radius 1 is 1.44 bits per heavy atom. The van der Waals surface area contributed by atoms with Crippen LogP contribution in [0.15, 0.2) is 59.1 Å². The van der Waals surface area contributed by atoms with Crippen LogP contribution < -0.4 is 5.73 Å². The van der Waals surface area contributed by atoms with Gasteiger partial charge in [0.2, 0.25) is 5.89 Å². The van der Waals surface area contributed by atoms with Crippen LogP contribution >= 0.6 is 0 Å². The van der Waals surface area contributed by atoms with Crippen LogP contribution in [0.5, 0.6) is 0 Å². The molecule has 1 atom stereocenters. The fraction of sp³-hybridized carbons (Fsp3) is 0.238. The SMILES string of the molecule is C=C/C(C)=C\C=C(/N)c1nc2c(o1)CC(c1cccc(C#N)c1)CC2. The molecule has 0 spiro atoms. The molecule has 1 aromatic heterocycles. The summed E-state index contributed by atoms with van der Waals surface area (Å²) < 4.78 is 5.92. The third-order valence-corrected chi connectivity index (χ3v) is 4.52. The van der Waals surface area contributed by atoms with Crippen molar-refractivity contribution in [2.45, 2.75) is 32.1 Å². The van der Waals surface area contributed by atoms with Crippen molar-refractivity contribution in [1.82, 2.24) is 4.98 Å². The van der Waals surface area contributed by atoms with Gasteiger partial charge in [-0.25, -0.2) is 4.98 Å². The maximum absolute atomic E-state index is 9.08. The Bertz CT molecular complexity index is 896. The Hall–Kier alpha value is -3.06. The molecule has 126 valence electrons. The third kappa shape index (κ3) is 3.72. The van der Waals surface area contributed by atoms with E-state index in [1.807, 2.05) is 31.2 Å². The van der Waals surface area contributed by atoms with Gasteiger partial charge in [-0.1, -0.05) is 36.4 Å². The quantitative estimate of drug-likeness (QED) is 0.850. The molecule has 0 radical (unpaired) electrons. The van der Waals surface area contributed by atoms with Crippen molar-refractivity contribution in [3.05, 3.63) is 83.1 Å². The molecular formula is C21H21N3O. The molecule has 1 heterocycles. The number of benzene rings is 1. The second kappa shape index (κ2) is 7.23. The van der Waals surface area contributed by atoms with Crippen molar-refractivity contribution < 1.29 is 4.42 Å². The third-order valence-electron chi connectivity index (χ3n) is 4.52. The fourth-order valence-corrected chi connectivity index (χ4v) is 3.01. The summed E-state index contributed by atoms with van der Waals surface area (Å²) in [6.45, 7) is 5.67. The van der Waals surface area contributed by atoms with Crippen molar-refractivity contribution in [3.63, 3.8) is 0 Å². The van der Waals surface area contributed by atoms with Gasteiger partial charge in [0.05, 0.1) is 23.0 Å². The van der Waals surface area contributed by atoms with Gasteiger partial charge in [-0.05, 0) is 49.5 Å². The second-order valence-electron chi connectivity index (χ2n) is 6.30. The van der Waals surface area contributed by atoms with Gasteiger partial charge in [-0.2, -0.15) is 5.26 Å². The minimum absolute atomic E-state index is 0.342. The number of hydrogen-bond acceptors (Lipinski definition) is 4. The van der Waals surface area contributed by atoms with Gasteiger partial charge in [-0.15, -0.1) is 0 Å². The summed E-state index contributed by atoms with van der Waals surface area (Å²) in [5.41, 5.74) is 10.5. The summed E-state index contributed by atoms with van der Waals surface area (Å²) in [5, 5.41) is 9.08. The average molecular weight is 331 g/mol. The van der Waals surface area contributed by atoms with E-state index in [-0.39, 0.29) is 0 Å². The average Bonchev–Trinajstić information content (AvgIpc) is 3.09. The molecule has 1 unspecified atom stereocenters. The number of hydrogen-bond donors (Lipinski definition) is 1. The molecule has 2 N–H and O–H groups in total. The van der Waals surface area contributed by atoms with Crippen LogP contribution in [-0.2, 0) is 12.8 Å². The van der Waals surface area contributed by atoms with Crippen molar-refractivity contribution in [1.29, 1.82) is 5.26 Å². The monoisotopic (exact) mass is 331 g/mol. The number of oxazole rings is 1. The van der Waals surface area contributed by atoms with E-state index in [0.29, 0.717) is 23.1 Å². The molecule has 3 rings (SSSR count). The van der Waals surface area contributed by atoms with Gasteiger partial charge in [0.15, 0.2) is 0 Å². The predicted octanol–water partition coefficient (Wildman–Crippen LogP) is 4.25. The first-order valence-corrected chi connectivity index (χ1v) is 8.36. The van der Waals surface area contributed by atoms with Crippen LogP contribution in [0.1, 0.15) is 47.7 Å². The summed E-state index contributed by atoms with van der Waals surface area (Å²) >= 11 is 0. The summed E-state index contributed by atoms with van der Waals surface area (Å²) in [4.78, 5) is 4.55. The molecule has 25 heavy (non-hydrogen) atoms. The van der Waals surface area contributed by atoms with E-state index in [9.17, 15) is 0 Å². The van der Waals surface area contributed by atoms with Crippen LogP contribution in [0.4, 0.5) is 0 Å². The Morgan fingerprint density at radius 3 is 3.04 bits per heavy atom. The molecule has 0 aliphatic heterocycles. The Morgan fingerprint density at radius 2 is 2.28 bits per heavy atom. The Labute approximate surface area is 148 Å². The number of nitrogens with two attached hydrogens (primary N) is 1. The minimum atomic E-state index is 0.342. The van der Waals surface area contributed by atoms with Crippen LogP contribution in [0.3, 0.4) is 0 Å². The first-order chi connectivity index (χ1) is 12.1. The molecule has 4 nitrogen and oxygen atoms in total. The molecule has 0 saturated heterocycles. The summed E-state index contributed by atoms with van der Waals surface area (Å²) in [6.07, 6.45) is 8.09. The highest BCUT2D eigenvalue weighted by molar-refractivity contribution is 5.58. The van der Waals surface area contributed by atoms with Crippen LogP contribution in [-0.4, -0.2) is 4.98 Å². The first-order valence-electron chi connectivity index (χ1n) is 8.36. The number of aryl methyl sites for hydroxylation is 1. The molecule has 4 heteroatoms. The molecular weight excluding hydrogens is 310 g/mol. The highest BCUT2D eigenvalue weighted by Crippen LogP contribution is 2.33. The lowest BCUT2D eigenvalue weighted by molar-refractivity contribution is 0.443. The van der Waals surface area contributed by atoms with Gasteiger partial charge in [0.25, 0.3) is 0 Å². The van der Waals surface area contributed by atoms with Gasteiger partial charge in [0, 0.05) is 6.42 Å². The van der Waals surface area contributed by atoms with E-state index in [4.69, 9.17) is 15.4 Å². The number of fused-ring (bicyclic) bond motifs is 1. The summed E-state index contributed by atoms with van der Waals surface area (Å²) in [6, 6.07) is 10.00. The lowest BCUT2D eigenvalue weighted by atomic mass is 9.84. The van der Waals surface area contributed by atoms with E-state index >= 15 is 0 Å². The zero-order valence-electron chi connectivity index (χ0n) is 14.3. The van der Waals surface area contributed by atoms with Crippen LogP contribution in [0.2, 0.25) is 0 Å². The zero-order valence-corrected chi connectivity index (χ0v) is 14.3. The van der Waals surface area contributed by atoms with Crippen LogP contribution in [0.25, 0.3) is 5.70 Å². The lowest BCUT2D eigenvalue weighted by Crippen LogP contribution is -2.11. The maximum Gasteiger partial charge on any atom is 0.242 e. The van der Waals surface area contributed by atoms with Crippen molar-refractivity contribution in [2.75, 3.05) is 0 Å². The van der Waals surface area contributed by atoms with Crippen molar-refractivity contribution >= 4 is 5.70 Å². The highest BCUT2D eigenvalue weighted by atomic mass is 16.4. The topological polar surface area (TPSA) is 75.8 Å². The maximum atomic E-state index is 9.08. The van der Waals surface area contributed by atoms with E-state index in [1.54, 1.807) is 12.2 Å². The summed E-state index contributed by atoms with van der Waals surface area (Å²) in [5.74, 6) is 1.72. The van der Waals surface area contributed by atoms with E-state index < -0.39 is 0 Å². The molecule has 0 amide bonds. The van der Waals surface area contributed by atoms with Crippen molar-refractivity contribution in [2.24, 2.45) is 5.73 Å². The Balaban J connectivity index is 1.82. The molecule has 2 aromatic rings. The lowest BCUT2D eigenvalue weighted by Gasteiger charge is -2.20. The van der Waals surface area contributed by atoms with Gasteiger partial charge in [0.1, 0.15) is 5.76 Å². The van der Waals surface area contributed by atoms with Gasteiger partial charge >= 0.3 is 0 Å². The number of allylic oxidation sites excluding steroid dienone is 4. The highest BCUT2D eigenvalue weighted by Gasteiger charge is 2.25. The van der Waals surface area contributed by atoms with E-state index in [0.717, 1.165) is 36.3 Å². The number of nitriles is 1. The van der Waals surface area contributed by atoms with E-state index in [2.05, 4.69) is 23.7 Å². The molecule has 0 saturated carbocycles. The number of nitrogens with zero attached hydrogens (tertiary/aromatic N) is 2. The second-order valence-corrected chi connectivity index (χ2v) is 6.30. The van der Waals surface area contributed by atoms with Crippen LogP contribution in [0, 0.1) is 11.3 Å². The molecule has 0 bridgehead atoms. The fourth-order valence-electron chi connectivity index (χ4n) is 3.01. The minimum Gasteiger partial charge on any atom is -0.440 e. The number of rotatable bonds is 4. The molecule has 1 aliphatic carbocycles. The van der Waals surface area contributed by atoms with Gasteiger partial charge in [-0.3, -0.25) is 0 Å².